The highest BCUT2D eigenvalue weighted by molar-refractivity contribution is 6.03. The second-order valence-corrected chi connectivity index (χ2v) is 5.93. The minimum Gasteiger partial charge on any atom is -0.497 e. The first kappa shape index (κ1) is 15.3. The van der Waals surface area contributed by atoms with E-state index >= 15 is 0 Å². The standard InChI is InChI=1S/C23H19NO/c1-25-20-12-7-11-19(16-20)24-22-15-14-17-8-5-6-13-21(17)23(22)18-9-3-2-4-10-18/h2-16,24H,1H3. The van der Waals surface area contributed by atoms with E-state index in [0.29, 0.717) is 0 Å². The van der Waals surface area contributed by atoms with Gasteiger partial charge in [0.15, 0.2) is 0 Å². The Bertz CT molecular complexity index is 1010. The van der Waals surface area contributed by atoms with Crippen LogP contribution in [-0.4, -0.2) is 7.11 Å². The second kappa shape index (κ2) is 6.70. The lowest BCUT2D eigenvalue weighted by Crippen LogP contribution is -1.95. The van der Waals surface area contributed by atoms with Gasteiger partial charge in [-0.25, -0.2) is 0 Å². The summed E-state index contributed by atoms with van der Waals surface area (Å²) in [6.07, 6.45) is 0. The van der Waals surface area contributed by atoms with E-state index in [1.165, 1.54) is 21.9 Å². The molecule has 0 aliphatic rings. The van der Waals surface area contributed by atoms with Crippen LogP contribution in [0, 0.1) is 0 Å². The molecule has 0 heterocycles. The van der Waals surface area contributed by atoms with E-state index in [-0.39, 0.29) is 0 Å². The summed E-state index contributed by atoms with van der Waals surface area (Å²) in [7, 11) is 1.69. The van der Waals surface area contributed by atoms with Gasteiger partial charge in [-0.2, -0.15) is 0 Å². The van der Waals surface area contributed by atoms with Crippen molar-refractivity contribution in [3.05, 3.63) is 91.0 Å². The van der Waals surface area contributed by atoms with E-state index in [9.17, 15) is 0 Å². The molecule has 0 saturated carbocycles. The predicted octanol–water partition coefficient (Wildman–Crippen LogP) is 6.26. The highest BCUT2D eigenvalue weighted by Gasteiger charge is 2.10. The predicted molar refractivity (Wildman–Crippen MR) is 106 cm³/mol. The maximum atomic E-state index is 5.34. The summed E-state index contributed by atoms with van der Waals surface area (Å²) in [5.74, 6) is 0.840. The molecule has 122 valence electrons. The van der Waals surface area contributed by atoms with Crippen LogP contribution < -0.4 is 10.1 Å². The summed E-state index contributed by atoms with van der Waals surface area (Å²) in [6, 6.07) is 31.3. The van der Waals surface area contributed by atoms with Crippen molar-refractivity contribution in [1.82, 2.24) is 0 Å². The first-order chi connectivity index (χ1) is 12.3. The van der Waals surface area contributed by atoms with Crippen LogP contribution in [0.25, 0.3) is 21.9 Å². The summed E-state index contributed by atoms with van der Waals surface area (Å²) in [5.41, 5.74) is 4.50. The average Bonchev–Trinajstić information content (AvgIpc) is 2.68. The number of ether oxygens (including phenoxy) is 1. The molecule has 0 spiro atoms. The van der Waals surface area contributed by atoms with Crippen molar-refractivity contribution >= 4 is 22.1 Å². The molecule has 0 fully saturated rings. The Hall–Kier alpha value is -3.26. The lowest BCUT2D eigenvalue weighted by molar-refractivity contribution is 0.415. The highest BCUT2D eigenvalue weighted by atomic mass is 16.5. The van der Waals surface area contributed by atoms with Gasteiger partial charge in [-0.1, -0.05) is 66.7 Å². The molecule has 4 rings (SSSR count). The van der Waals surface area contributed by atoms with Gasteiger partial charge in [0.2, 0.25) is 0 Å². The quantitative estimate of drug-likeness (QED) is 0.478. The highest BCUT2D eigenvalue weighted by Crippen LogP contribution is 2.37. The van der Waals surface area contributed by atoms with Crippen LogP contribution >= 0.6 is 0 Å². The number of nitrogens with one attached hydrogen (secondary N) is 1. The zero-order valence-corrected chi connectivity index (χ0v) is 14.1. The van der Waals surface area contributed by atoms with E-state index in [0.717, 1.165) is 17.1 Å². The summed E-state index contributed by atoms with van der Waals surface area (Å²) in [5, 5.41) is 6.03. The van der Waals surface area contributed by atoms with Crippen molar-refractivity contribution in [2.75, 3.05) is 12.4 Å². The zero-order chi connectivity index (χ0) is 17.1. The molecule has 0 aliphatic heterocycles. The molecule has 0 radical (unpaired) electrons. The Morgan fingerprint density at radius 3 is 2.36 bits per heavy atom. The van der Waals surface area contributed by atoms with Gasteiger partial charge in [0.05, 0.1) is 7.11 Å². The van der Waals surface area contributed by atoms with E-state index in [4.69, 9.17) is 4.74 Å². The fourth-order valence-electron chi connectivity index (χ4n) is 3.15. The summed E-state index contributed by atoms with van der Waals surface area (Å²) in [6.45, 7) is 0. The minimum atomic E-state index is 0.840. The Balaban J connectivity index is 1.88. The van der Waals surface area contributed by atoms with Gasteiger partial charge in [-0.3, -0.25) is 0 Å². The van der Waals surface area contributed by atoms with Crippen LogP contribution in [0.2, 0.25) is 0 Å². The topological polar surface area (TPSA) is 21.3 Å². The van der Waals surface area contributed by atoms with Crippen molar-refractivity contribution in [3.63, 3.8) is 0 Å². The second-order valence-electron chi connectivity index (χ2n) is 5.93. The molecule has 0 unspecified atom stereocenters. The first-order valence-corrected chi connectivity index (χ1v) is 8.33. The van der Waals surface area contributed by atoms with E-state index < -0.39 is 0 Å². The zero-order valence-electron chi connectivity index (χ0n) is 14.1. The largest absolute Gasteiger partial charge is 0.497 e. The number of hydrogen-bond donors (Lipinski definition) is 1. The maximum absolute atomic E-state index is 5.34. The SMILES string of the molecule is COc1cccc(Nc2ccc3ccccc3c2-c2ccccc2)c1. The van der Waals surface area contributed by atoms with E-state index in [1.54, 1.807) is 7.11 Å². The molecular weight excluding hydrogens is 306 g/mol. The van der Waals surface area contributed by atoms with Crippen molar-refractivity contribution in [2.24, 2.45) is 0 Å². The molecule has 0 saturated heterocycles. The molecule has 1 N–H and O–H groups in total. The minimum absolute atomic E-state index is 0.840. The molecule has 0 atom stereocenters. The van der Waals surface area contributed by atoms with Gasteiger partial charge >= 0.3 is 0 Å². The van der Waals surface area contributed by atoms with Crippen LogP contribution in [0.15, 0.2) is 91.0 Å². The van der Waals surface area contributed by atoms with Gasteiger partial charge in [0.25, 0.3) is 0 Å². The molecule has 0 aliphatic carbocycles. The van der Waals surface area contributed by atoms with Crippen LogP contribution in [0.5, 0.6) is 5.75 Å². The van der Waals surface area contributed by atoms with Crippen LogP contribution in [-0.2, 0) is 0 Å². The first-order valence-electron chi connectivity index (χ1n) is 8.33. The third-order valence-electron chi connectivity index (χ3n) is 4.34. The van der Waals surface area contributed by atoms with Crippen LogP contribution in [0.4, 0.5) is 11.4 Å². The van der Waals surface area contributed by atoms with Crippen LogP contribution in [0.1, 0.15) is 0 Å². The Kier molecular flexibility index (Phi) is 4.09. The van der Waals surface area contributed by atoms with Gasteiger partial charge in [-0.05, 0) is 34.5 Å². The maximum Gasteiger partial charge on any atom is 0.120 e. The van der Waals surface area contributed by atoms with Gasteiger partial charge < -0.3 is 10.1 Å². The van der Waals surface area contributed by atoms with Crippen molar-refractivity contribution in [3.8, 4) is 16.9 Å². The molecule has 2 heteroatoms. The van der Waals surface area contributed by atoms with Gasteiger partial charge in [-0.15, -0.1) is 0 Å². The number of benzene rings is 4. The molecule has 25 heavy (non-hydrogen) atoms. The molecule has 0 aromatic heterocycles. The number of hydrogen-bond acceptors (Lipinski definition) is 2. The summed E-state index contributed by atoms with van der Waals surface area (Å²) in [4.78, 5) is 0. The lowest BCUT2D eigenvalue weighted by atomic mass is 9.96. The van der Waals surface area contributed by atoms with Crippen molar-refractivity contribution in [2.45, 2.75) is 0 Å². The Labute approximate surface area is 147 Å². The molecule has 4 aromatic carbocycles. The normalized spacial score (nSPS) is 10.6. The monoisotopic (exact) mass is 325 g/mol. The number of anilines is 2. The molecule has 2 nitrogen and oxygen atoms in total. The van der Waals surface area contributed by atoms with E-state index in [1.807, 2.05) is 30.3 Å². The number of fused-ring (bicyclic) bond motifs is 1. The summed E-state index contributed by atoms with van der Waals surface area (Å²) >= 11 is 0. The van der Waals surface area contributed by atoms with Gasteiger partial charge in [0.1, 0.15) is 5.75 Å². The Morgan fingerprint density at radius 1 is 0.720 bits per heavy atom. The fraction of sp³-hybridized carbons (Fsp3) is 0.0435. The number of methoxy groups -OCH3 is 1. The number of rotatable bonds is 4. The third-order valence-corrected chi connectivity index (χ3v) is 4.34. The van der Waals surface area contributed by atoms with E-state index in [2.05, 4.69) is 66.0 Å². The molecule has 4 aromatic rings. The lowest BCUT2D eigenvalue weighted by Gasteiger charge is -2.16. The molecular formula is C23H19NO. The smallest absolute Gasteiger partial charge is 0.120 e. The average molecular weight is 325 g/mol. The summed E-state index contributed by atoms with van der Waals surface area (Å²) < 4.78 is 5.34. The fourth-order valence-corrected chi connectivity index (χ4v) is 3.15. The molecule has 0 bridgehead atoms. The van der Waals surface area contributed by atoms with Crippen molar-refractivity contribution < 1.29 is 4.74 Å². The van der Waals surface area contributed by atoms with Crippen LogP contribution in [0.3, 0.4) is 0 Å². The Morgan fingerprint density at radius 2 is 1.52 bits per heavy atom. The van der Waals surface area contributed by atoms with Gasteiger partial charge in [0, 0.05) is 23.0 Å². The molecule has 0 amide bonds. The third kappa shape index (κ3) is 3.07. The van der Waals surface area contributed by atoms with Crippen molar-refractivity contribution in [1.29, 1.82) is 0 Å².